The highest BCUT2D eigenvalue weighted by molar-refractivity contribution is 7.13. The van der Waals surface area contributed by atoms with Gasteiger partial charge >= 0.3 is 0 Å². The molecular formula is C11H12N2O3S. The number of nitrogens with one attached hydrogen (secondary N) is 1. The molecule has 2 rings (SSSR count). The number of aliphatic hydroxyl groups excluding tert-OH is 1. The number of aliphatic hydroxyl groups is 1. The van der Waals surface area contributed by atoms with Crippen molar-refractivity contribution in [2.24, 2.45) is 0 Å². The smallest absolute Gasteiger partial charge is 0.236 e. The summed E-state index contributed by atoms with van der Waals surface area (Å²) in [7, 11) is 0. The van der Waals surface area contributed by atoms with Crippen molar-refractivity contribution in [1.82, 2.24) is 10.3 Å². The van der Waals surface area contributed by atoms with Crippen molar-refractivity contribution in [3.8, 4) is 10.8 Å². The van der Waals surface area contributed by atoms with Gasteiger partial charge in [0.15, 0.2) is 0 Å². The second-order valence-electron chi connectivity index (χ2n) is 3.37. The molecule has 0 aliphatic heterocycles. The second-order valence-corrected chi connectivity index (χ2v) is 4.32. The van der Waals surface area contributed by atoms with E-state index in [0.29, 0.717) is 11.6 Å². The number of amides is 1. The molecule has 0 atom stereocenters. The molecule has 90 valence electrons. The summed E-state index contributed by atoms with van der Waals surface area (Å²) in [4.78, 5) is 16.5. The number of hydrogen-bond donors (Lipinski definition) is 2. The van der Waals surface area contributed by atoms with Gasteiger partial charge in [0.1, 0.15) is 6.26 Å². The first-order chi connectivity index (χ1) is 8.29. The fourth-order valence-electron chi connectivity index (χ4n) is 1.32. The number of carbonyl (C=O) groups is 1. The van der Waals surface area contributed by atoms with Crippen LogP contribution >= 0.6 is 11.3 Å². The van der Waals surface area contributed by atoms with E-state index in [2.05, 4.69) is 10.3 Å². The molecule has 0 saturated heterocycles. The number of hydrogen-bond acceptors (Lipinski definition) is 5. The van der Waals surface area contributed by atoms with E-state index in [-0.39, 0.29) is 25.5 Å². The van der Waals surface area contributed by atoms with Crippen LogP contribution in [0.2, 0.25) is 0 Å². The number of aromatic nitrogens is 1. The molecule has 5 nitrogen and oxygen atoms in total. The largest absolute Gasteiger partial charge is 0.444 e. The molecule has 0 spiro atoms. The van der Waals surface area contributed by atoms with E-state index >= 15 is 0 Å². The Morgan fingerprint density at radius 2 is 2.47 bits per heavy atom. The zero-order valence-electron chi connectivity index (χ0n) is 9.05. The van der Waals surface area contributed by atoms with Crippen molar-refractivity contribution >= 4 is 17.2 Å². The molecule has 0 aliphatic carbocycles. The van der Waals surface area contributed by atoms with Gasteiger partial charge in [0.05, 0.1) is 23.6 Å². The number of thiophene rings is 1. The molecule has 2 aromatic heterocycles. The maximum absolute atomic E-state index is 11.4. The van der Waals surface area contributed by atoms with E-state index in [4.69, 9.17) is 9.52 Å². The Kier molecular flexibility index (Phi) is 3.89. The lowest BCUT2D eigenvalue weighted by molar-refractivity contribution is -0.120. The van der Waals surface area contributed by atoms with Gasteiger partial charge in [0.2, 0.25) is 11.8 Å². The Bertz CT molecular complexity index is 479. The molecule has 2 aromatic rings. The van der Waals surface area contributed by atoms with Gasteiger partial charge in [-0.2, -0.15) is 0 Å². The van der Waals surface area contributed by atoms with E-state index in [9.17, 15) is 4.79 Å². The van der Waals surface area contributed by atoms with E-state index in [1.54, 1.807) is 0 Å². The highest BCUT2D eigenvalue weighted by Crippen LogP contribution is 2.23. The Morgan fingerprint density at radius 1 is 1.59 bits per heavy atom. The SMILES string of the molecule is O=C(Cc1coc(-c2cccs2)n1)NCCO. The first-order valence-electron chi connectivity index (χ1n) is 5.15. The number of oxazole rings is 1. The van der Waals surface area contributed by atoms with Gasteiger partial charge in [-0.3, -0.25) is 4.79 Å². The normalized spacial score (nSPS) is 10.4. The summed E-state index contributed by atoms with van der Waals surface area (Å²) in [5.41, 5.74) is 0.587. The van der Waals surface area contributed by atoms with Gasteiger partial charge in [-0.25, -0.2) is 4.98 Å². The molecule has 0 unspecified atom stereocenters. The highest BCUT2D eigenvalue weighted by atomic mass is 32.1. The number of rotatable bonds is 5. The summed E-state index contributed by atoms with van der Waals surface area (Å²) in [5.74, 6) is 0.357. The van der Waals surface area contributed by atoms with Crippen LogP contribution in [0.1, 0.15) is 5.69 Å². The number of nitrogens with zero attached hydrogens (tertiary/aromatic N) is 1. The van der Waals surface area contributed by atoms with Crippen molar-refractivity contribution in [2.75, 3.05) is 13.2 Å². The van der Waals surface area contributed by atoms with Crippen LogP contribution in [0, 0.1) is 0 Å². The lowest BCUT2D eigenvalue weighted by atomic mass is 10.3. The first kappa shape index (κ1) is 11.8. The van der Waals surface area contributed by atoms with E-state index in [0.717, 1.165) is 4.88 Å². The fraction of sp³-hybridized carbons (Fsp3) is 0.273. The van der Waals surface area contributed by atoms with Crippen LogP contribution in [0.4, 0.5) is 0 Å². The van der Waals surface area contributed by atoms with Crippen molar-refractivity contribution in [1.29, 1.82) is 0 Å². The number of carbonyl (C=O) groups excluding carboxylic acids is 1. The Hall–Kier alpha value is -1.66. The van der Waals surface area contributed by atoms with Gasteiger partial charge in [-0.05, 0) is 11.4 Å². The van der Waals surface area contributed by atoms with Crippen LogP contribution in [0.25, 0.3) is 10.8 Å². The van der Waals surface area contributed by atoms with Gasteiger partial charge in [-0.1, -0.05) is 6.07 Å². The summed E-state index contributed by atoms with van der Waals surface area (Å²) >= 11 is 1.53. The maximum atomic E-state index is 11.4. The zero-order chi connectivity index (χ0) is 12.1. The van der Waals surface area contributed by atoms with E-state index in [1.807, 2.05) is 17.5 Å². The topological polar surface area (TPSA) is 75.4 Å². The molecule has 1 amide bonds. The molecule has 0 aromatic carbocycles. The molecule has 0 aliphatic rings. The minimum Gasteiger partial charge on any atom is -0.444 e. The maximum Gasteiger partial charge on any atom is 0.236 e. The summed E-state index contributed by atoms with van der Waals surface area (Å²) in [6, 6.07) is 3.82. The van der Waals surface area contributed by atoms with Gasteiger partial charge in [0.25, 0.3) is 0 Å². The summed E-state index contributed by atoms with van der Waals surface area (Å²) in [6.45, 7) is 0.194. The van der Waals surface area contributed by atoms with Crippen molar-refractivity contribution < 1.29 is 14.3 Å². The third kappa shape index (κ3) is 3.15. The third-order valence-electron chi connectivity index (χ3n) is 2.06. The van der Waals surface area contributed by atoms with Crippen LogP contribution in [-0.4, -0.2) is 29.1 Å². The monoisotopic (exact) mass is 252 g/mol. The van der Waals surface area contributed by atoms with E-state index < -0.39 is 0 Å². The van der Waals surface area contributed by atoms with Crippen LogP contribution in [0.15, 0.2) is 28.2 Å². The lowest BCUT2D eigenvalue weighted by Crippen LogP contribution is -2.27. The molecule has 2 heterocycles. The quantitative estimate of drug-likeness (QED) is 0.834. The Balaban J connectivity index is 1.97. The van der Waals surface area contributed by atoms with Gasteiger partial charge in [0, 0.05) is 6.54 Å². The Labute approximate surface area is 102 Å². The average Bonchev–Trinajstić information content (AvgIpc) is 2.95. The second kappa shape index (κ2) is 5.60. The minimum absolute atomic E-state index is 0.0645. The summed E-state index contributed by atoms with van der Waals surface area (Å²) in [5, 5.41) is 13.1. The minimum atomic E-state index is -0.176. The van der Waals surface area contributed by atoms with Gasteiger partial charge in [-0.15, -0.1) is 11.3 Å². The lowest BCUT2D eigenvalue weighted by Gasteiger charge is -1.99. The predicted molar refractivity (Wildman–Crippen MR) is 63.6 cm³/mol. The molecule has 0 fully saturated rings. The van der Waals surface area contributed by atoms with E-state index in [1.165, 1.54) is 17.6 Å². The van der Waals surface area contributed by atoms with Crippen molar-refractivity contribution in [3.63, 3.8) is 0 Å². The van der Waals surface area contributed by atoms with Crippen LogP contribution < -0.4 is 5.32 Å². The highest BCUT2D eigenvalue weighted by Gasteiger charge is 2.10. The molecule has 6 heteroatoms. The van der Waals surface area contributed by atoms with Crippen molar-refractivity contribution in [2.45, 2.75) is 6.42 Å². The molecule has 2 N–H and O–H groups in total. The van der Waals surface area contributed by atoms with Gasteiger partial charge < -0.3 is 14.8 Å². The molecule has 0 radical (unpaired) electrons. The Morgan fingerprint density at radius 3 is 3.18 bits per heavy atom. The predicted octanol–water partition coefficient (Wildman–Crippen LogP) is 1.05. The zero-order valence-corrected chi connectivity index (χ0v) is 9.87. The van der Waals surface area contributed by atoms with Crippen LogP contribution in [0.3, 0.4) is 0 Å². The van der Waals surface area contributed by atoms with Crippen LogP contribution in [-0.2, 0) is 11.2 Å². The summed E-state index contributed by atoms with van der Waals surface area (Å²) < 4.78 is 5.28. The molecule has 17 heavy (non-hydrogen) atoms. The summed E-state index contributed by atoms with van der Waals surface area (Å²) in [6.07, 6.45) is 1.64. The van der Waals surface area contributed by atoms with Crippen molar-refractivity contribution in [3.05, 3.63) is 29.5 Å². The average molecular weight is 252 g/mol. The third-order valence-corrected chi connectivity index (χ3v) is 2.92. The molecule has 0 bridgehead atoms. The molecule has 0 saturated carbocycles. The fourth-order valence-corrected chi connectivity index (χ4v) is 1.98. The standard InChI is InChI=1S/C11H12N2O3S/c14-4-3-12-10(15)6-8-7-16-11(13-8)9-2-1-5-17-9/h1-2,5,7,14H,3-4,6H2,(H,12,15). The van der Waals surface area contributed by atoms with Crippen LogP contribution in [0.5, 0.6) is 0 Å². The first-order valence-corrected chi connectivity index (χ1v) is 6.03. The molecular weight excluding hydrogens is 240 g/mol.